The molecule has 21 heavy (non-hydrogen) atoms. The predicted octanol–water partition coefficient (Wildman–Crippen LogP) is 3.02. The minimum atomic E-state index is -0.138. The summed E-state index contributed by atoms with van der Waals surface area (Å²) in [5.41, 5.74) is 5.38. The van der Waals surface area contributed by atoms with Crippen molar-refractivity contribution >= 4 is 22.7 Å². The second kappa shape index (κ2) is 6.45. The van der Waals surface area contributed by atoms with E-state index in [0.717, 1.165) is 43.9 Å². The van der Waals surface area contributed by atoms with Crippen LogP contribution < -0.4 is 10.2 Å². The Labute approximate surface area is 129 Å². The number of aliphatic hydroxyl groups excluding tert-OH is 1. The third-order valence-corrected chi connectivity index (χ3v) is 4.93. The number of rotatable bonds is 4. The first-order valence-electron chi connectivity index (χ1n) is 7.39. The van der Waals surface area contributed by atoms with Crippen LogP contribution in [0.15, 0.2) is 29.8 Å². The van der Waals surface area contributed by atoms with Crippen molar-refractivity contribution in [1.29, 1.82) is 0 Å². The first-order chi connectivity index (χ1) is 10.2. The third-order valence-electron chi connectivity index (χ3n) is 3.99. The van der Waals surface area contributed by atoms with Crippen LogP contribution in [0.4, 0.5) is 11.4 Å². The molecule has 1 fully saturated rings. The second-order valence-electron chi connectivity index (χ2n) is 5.45. The Morgan fingerprint density at radius 1 is 1.33 bits per heavy atom. The van der Waals surface area contributed by atoms with Crippen LogP contribution in [-0.4, -0.2) is 29.3 Å². The monoisotopic (exact) mass is 303 g/mol. The number of aryl methyl sites for hydroxylation is 1. The highest BCUT2D eigenvalue weighted by molar-refractivity contribution is 7.09. The summed E-state index contributed by atoms with van der Waals surface area (Å²) in [5.74, 6) is 0. The number of benzene rings is 1. The summed E-state index contributed by atoms with van der Waals surface area (Å²) >= 11 is 1.69. The summed E-state index contributed by atoms with van der Waals surface area (Å²) in [6, 6.07) is 8.41. The Hall–Kier alpha value is -1.59. The maximum atomic E-state index is 9.65. The van der Waals surface area contributed by atoms with E-state index >= 15 is 0 Å². The maximum Gasteiger partial charge on any atom is 0.0798 e. The number of anilines is 2. The highest BCUT2D eigenvalue weighted by Crippen LogP contribution is 2.29. The molecule has 1 aromatic carbocycles. The van der Waals surface area contributed by atoms with Gasteiger partial charge in [-0.3, -0.25) is 0 Å². The van der Waals surface area contributed by atoms with Crippen molar-refractivity contribution in [3.05, 3.63) is 40.3 Å². The quantitative estimate of drug-likeness (QED) is 0.911. The van der Waals surface area contributed by atoms with Gasteiger partial charge in [-0.2, -0.15) is 0 Å². The van der Waals surface area contributed by atoms with Gasteiger partial charge in [0.25, 0.3) is 0 Å². The van der Waals surface area contributed by atoms with E-state index in [0.29, 0.717) is 0 Å². The van der Waals surface area contributed by atoms with Crippen molar-refractivity contribution in [1.82, 2.24) is 4.98 Å². The van der Waals surface area contributed by atoms with Gasteiger partial charge in [0.05, 0.1) is 35.2 Å². The molecule has 5 heteroatoms. The molecule has 4 nitrogen and oxygen atoms in total. The molecule has 2 N–H and O–H groups in total. The molecule has 1 aliphatic rings. The molecule has 0 bridgehead atoms. The summed E-state index contributed by atoms with van der Waals surface area (Å²) in [5, 5.41) is 13.2. The fourth-order valence-electron chi connectivity index (χ4n) is 2.68. The Morgan fingerprint density at radius 3 is 2.81 bits per heavy atom. The van der Waals surface area contributed by atoms with E-state index < -0.39 is 0 Å². The van der Waals surface area contributed by atoms with Crippen molar-refractivity contribution in [2.24, 2.45) is 0 Å². The summed E-state index contributed by atoms with van der Waals surface area (Å²) in [6.07, 6.45) is 1.56. The SMILES string of the molecule is Cc1ncsc1CNc1ccccc1N1CCC(O)CC1. The number of piperidine rings is 1. The number of aromatic nitrogens is 1. The number of thiazole rings is 1. The Balaban J connectivity index is 1.72. The van der Waals surface area contributed by atoms with Crippen molar-refractivity contribution in [3.63, 3.8) is 0 Å². The molecule has 0 atom stereocenters. The molecule has 2 heterocycles. The smallest absolute Gasteiger partial charge is 0.0798 e. The summed E-state index contributed by atoms with van der Waals surface area (Å²) < 4.78 is 0. The fourth-order valence-corrected chi connectivity index (χ4v) is 3.39. The first-order valence-corrected chi connectivity index (χ1v) is 8.27. The zero-order chi connectivity index (χ0) is 14.7. The van der Waals surface area contributed by atoms with Crippen LogP contribution in [0.25, 0.3) is 0 Å². The van der Waals surface area contributed by atoms with E-state index in [-0.39, 0.29) is 6.10 Å². The van der Waals surface area contributed by atoms with Crippen molar-refractivity contribution in [3.8, 4) is 0 Å². The van der Waals surface area contributed by atoms with Gasteiger partial charge in [-0.1, -0.05) is 12.1 Å². The number of para-hydroxylation sites is 2. The standard InChI is InChI=1S/C16H21N3OS/c1-12-16(21-11-18-12)10-17-14-4-2-3-5-15(14)19-8-6-13(20)7-9-19/h2-5,11,13,17,20H,6-10H2,1H3. The molecule has 3 rings (SSSR count). The van der Waals surface area contributed by atoms with Gasteiger partial charge < -0.3 is 15.3 Å². The lowest BCUT2D eigenvalue weighted by atomic mass is 10.1. The van der Waals surface area contributed by atoms with Crippen LogP contribution in [0.1, 0.15) is 23.4 Å². The third kappa shape index (κ3) is 3.36. The van der Waals surface area contributed by atoms with Gasteiger partial charge in [0.1, 0.15) is 0 Å². The molecule has 0 aliphatic carbocycles. The molecular formula is C16H21N3OS. The molecule has 0 spiro atoms. The van der Waals surface area contributed by atoms with Crippen LogP contribution >= 0.6 is 11.3 Å². The molecule has 1 aromatic heterocycles. The normalized spacial score (nSPS) is 16.2. The maximum absolute atomic E-state index is 9.65. The minimum absolute atomic E-state index is 0.138. The van der Waals surface area contributed by atoms with Gasteiger partial charge >= 0.3 is 0 Å². The van der Waals surface area contributed by atoms with Crippen LogP contribution in [-0.2, 0) is 6.54 Å². The van der Waals surface area contributed by atoms with Gasteiger partial charge in [0.15, 0.2) is 0 Å². The number of hydrogen-bond donors (Lipinski definition) is 2. The van der Waals surface area contributed by atoms with E-state index in [4.69, 9.17) is 0 Å². The first kappa shape index (κ1) is 14.4. The lowest BCUT2D eigenvalue weighted by Gasteiger charge is -2.33. The Kier molecular flexibility index (Phi) is 4.41. The van der Waals surface area contributed by atoms with E-state index in [2.05, 4.69) is 39.5 Å². The highest BCUT2D eigenvalue weighted by Gasteiger charge is 2.19. The van der Waals surface area contributed by atoms with E-state index in [9.17, 15) is 5.11 Å². The van der Waals surface area contributed by atoms with E-state index in [1.165, 1.54) is 10.6 Å². The van der Waals surface area contributed by atoms with Gasteiger partial charge in [-0.05, 0) is 31.9 Å². The number of nitrogens with zero attached hydrogens (tertiary/aromatic N) is 2. The molecule has 1 saturated heterocycles. The molecule has 0 amide bonds. The number of aliphatic hydroxyl groups is 1. The van der Waals surface area contributed by atoms with Crippen molar-refractivity contribution in [2.45, 2.75) is 32.4 Å². The summed E-state index contributed by atoms with van der Waals surface area (Å²) in [7, 11) is 0. The summed E-state index contributed by atoms with van der Waals surface area (Å²) in [4.78, 5) is 7.92. The second-order valence-corrected chi connectivity index (χ2v) is 6.39. The van der Waals surface area contributed by atoms with Gasteiger partial charge in [-0.15, -0.1) is 11.3 Å². The zero-order valence-electron chi connectivity index (χ0n) is 12.2. The largest absolute Gasteiger partial charge is 0.393 e. The van der Waals surface area contributed by atoms with Gasteiger partial charge in [-0.25, -0.2) is 4.98 Å². The molecule has 0 unspecified atom stereocenters. The van der Waals surface area contributed by atoms with Crippen LogP contribution in [0, 0.1) is 6.92 Å². The minimum Gasteiger partial charge on any atom is -0.393 e. The lowest BCUT2D eigenvalue weighted by Crippen LogP contribution is -2.36. The summed E-state index contributed by atoms with van der Waals surface area (Å²) in [6.45, 7) is 4.69. The van der Waals surface area contributed by atoms with Crippen LogP contribution in [0.2, 0.25) is 0 Å². The predicted molar refractivity (Wildman–Crippen MR) is 88.1 cm³/mol. The number of nitrogens with one attached hydrogen (secondary N) is 1. The van der Waals surface area contributed by atoms with Crippen molar-refractivity contribution < 1.29 is 5.11 Å². The van der Waals surface area contributed by atoms with Crippen LogP contribution in [0.3, 0.4) is 0 Å². The molecule has 2 aromatic rings. The molecular weight excluding hydrogens is 282 g/mol. The Bertz CT molecular complexity index is 591. The average molecular weight is 303 g/mol. The fraction of sp³-hybridized carbons (Fsp3) is 0.438. The topological polar surface area (TPSA) is 48.4 Å². The van der Waals surface area contributed by atoms with E-state index in [1.54, 1.807) is 11.3 Å². The lowest BCUT2D eigenvalue weighted by molar-refractivity contribution is 0.145. The molecule has 1 aliphatic heterocycles. The molecule has 0 radical (unpaired) electrons. The zero-order valence-corrected chi connectivity index (χ0v) is 13.1. The Morgan fingerprint density at radius 2 is 2.10 bits per heavy atom. The molecule has 112 valence electrons. The van der Waals surface area contributed by atoms with E-state index in [1.807, 2.05) is 12.4 Å². The van der Waals surface area contributed by atoms with Gasteiger partial charge in [0.2, 0.25) is 0 Å². The average Bonchev–Trinajstić information content (AvgIpc) is 2.92. The van der Waals surface area contributed by atoms with Crippen LogP contribution in [0.5, 0.6) is 0 Å². The molecule has 0 saturated carbocycles. The van der Waals surface area contributed by atoms with Gasteiger partial charge in [0, 0.05) is 18.0 Å². The number of hydrogen-bond acceptors (Lipinski definition) is 5. The highest BCUT2D eigenvalue weighted by atomic mass is 32.1. The van der Waals surface area contributed by atoms with Crippen molar-refractivity contribution in [2.75, 3.05) is 23.3 Å².